The number of aliphatic hydroxyl groups excluding tert-OH is 1. The second-order valence-corrected chi connectivity index (χ2v) is 9.35. The molecule has 1 N–H and O–H groups in total. The molecule has 4 nitrogen and oxygen atoms in total. The number of benzene rings is 2. The number of thiazole rings is 1. The summed E-state index contributed by atoms with van der Waals surface area (Å²) in [5, 5.41) is 12.3. The smallest absolute Gasteiger partial charge is 0.200 e. The number of aliphatic hydroxyl groups is 1. The van der Waals surface area contributed by atoms with Crippen molar-refractivity contribution in [3.05, 3.63) is 81.5 Å². The van der Waals surface area contributed by atoms with E-state index in [0.717, 1.165) is 39.6 Å². The number of hydrogen-bond acceptors (Lipinski definition) is 6. The van der Waals surface area contributed by atoms with Crippen molar-refractivity contribution in [2.24, 2.45) is 0 Å². The van der Waals surface area contributed by atoms with Gasteiger partial charge < -0.3 is 10.0 Å². The van der Waals surface area contributed by atoms with Gasteiger partial charge >= 0.3 is 0 Å². The summed E-state index contributed by atoms with van der Waals surface area (Å²) in [4.78, 5) is 20.7. The van der Waals surface area contributed by atoms with Gasteiger partial charge in [0.15, 0.2) is 0 Å². The number of ketones is 1. The van der Waals surface area contributed by atoms with Gasteiger partial charge in [0.2, 0.25) is 5.78 Å². The van der Waals surface area contributed by atoms with E-state index in [0.29, 0.717) is 11.1 Å². The SMILES string of the molecule is CCCCN1/C(=C/C2=C(O)C(=C/c3nc4ccccc4s3)/C2=O)Sc2ccccc21. The van der Waals surface area contributed by atoms with E-state index in [1.54, 1.807) is 17.8 Å². The van der Waals surface area contributed by atoms with Crippen LogP contribution in [0.25, 0.3) is 16.3 Å². The first-order valence-electron chi connectivity index (χ1n) is 9.97. The Hall–Kier alpha value is -2.83. The molecule has 2 aliphatic rings. The Morgan fingerprint density at radius 1 is 1.10 bits per heavy atom. The molecule has 0 bridgehead atoms. The number of aromatic nitrogens is 1. The zero-order chi connectivity index (χ0) is 20.7. The van der Waals surface area contributed by atoms with Gasteiger partial charge in [-0.05, 0) is 42.8 Å². The van der Waals surface area contributed by atoms with Crippen molar-refractivity contribution in [3.8, 4) is 0 Å². The summed E-state index contributed by atoms with van der Waals surface area (Å²) in [6.45, 7) is 3.06. The van der Waals surface area contributed by atoms with Crippen LogP contribution in [0.4, 0.5) is 5.69 Å². The van der Waals surface area contributed by atoms with E-state index in [9.17, 15) is 9.90 Å². The maximum Gasteiger partial charge on any atom is 0.200 e. The fraction of sp³-hybridized carbons (Fsp3) is 0.167. The van der Waals surface area contributed by atoms with E-state index in [1.165, 1.54) is 21.9 Å². The van der Waals surface area contributed by atoms with Gasteiger partial charge in [0, 0.05) is 11.4 Å². The molecule has 0 saturated carbocycles. The molecule has 30 heavy (non-hydrogen) atoms. The molecule has 0 spiro atoms. The number of allylic oxidation sites excluding steroid dienone is 3. The van der Waals surface area contributed by atoms with Crippen molar-refractivity contribution >= 4 is 50.9 Å². The highest BCUT2D eigenvalue weighted by Crippen LogP contribution is 2.47. The molecule has 1 aliphatic heterocycles. The lowest BCUT2D eigenvalue weighted by molar-refractivity contribution is -0.113. The minimum Gasteiger partial charge on any atom is -0.506 e. The van der Waals surface area contributed by atoms with Crippen molar-refractivity contribution in [2.75, 3.05) is 11.4 Å². The quantitative estimate of drug-likeness (QED) is 0.478. The van der Waals surface area contributed by atoms with Gasteiger partial charge in [0.05, 0.1) is 32.1 Å². The highest BCUT2D eigenvalue weighted by atomic mass is 32.2. The normalized spacial score (nSPS) is 18.6. The van der Waals surface area contributed by atoms with Crippen molar-refractivity contribution in [1.29, 1.82) is 0 Å². The fourth-order valence-electron chi connectivity index (χ4n) is 3.62. The number of rotatable bonds is 5. The number of thioether (sulfide) groups is 1. The summed E-state index contributed by atoms with van der Waals surface area (Å²) in [6, 6.07) is 16.1. The minimum absolute atomic E-state index is 0.0544. The number of anilines is 1. The highest BCUT2D eigenvalue weighted by molar-refractivity contribution is 8.03. The van der Waals surface area contributed by atoms with Crippen LogP contribution in [0.1, 0.15) is 24.8 Å². The van der Waals surface area contributed by atoms with Crippen molar-refractivity contribution < 1.29 is 9.90 Å². The van der Waals surface area contributed by atoms with Crippen LogP contribution in [-0.4, -0.2) is 22.4 Å². The van der Waals surface area contributed by atoms with Crippen LogP contribution < -0.4 is 4.90 Å². The Balaban J connectivity index is 1.46. The Bertz CT molecular complexity index is 1220. The summed E-state index contributed by atoms with van der Waals surface area (Å²) in [7, 11) is 0. The van der Waals surface area contributed by atoms with Gasteiger partial charge in [-0.1, -0.05) is 49.4 Å². The van der Waals surface area contributed by atoms with Crippen LogP contribution in [0.15, 0.2) is 81.4 Å². The van der Waals surface area contributed by atoms with Crippen LogP contribution in [0.3, 0.4) is 0 Å². The molecule has 2 aromatic carbocycles. The molecule has 1 aromatic heterocycles. The molecule has 0 atom stereocenters. The maximum absolute atomic E-state index is 12.8. The van der Waals surface area contributed by atoms with Gasteiger partial charge in [-0.15, -0.1) is 11.3 Å². The third kappa shape index (κ3) is 3.26. The summed E-state index contributed by atoms with van der Waals surface area (Å²) in [5.41, 5.74) is 2.78. The van der Waals surface area contributed by atoms with Gasteiger partial charge in [-0.25, -0.2) is 4.98 Å². The number of carbonyl (C=O) groups is 1. The number of carbonyl (C=O) groups excluding carboxylic acids is 1. The molecular weight excluding hydrogens is 412 g/mol. The average molecular weight is 433 g/mol. The number of hydrogen-bond donors (Lipinski definition) is 1. The van der Waals surface area contributed by atoms with E-state index < -0.39 is 0 Å². The van der Waals surface area contributed by atoms with Crippen LogP contribution in [0.5, 0.6) is 0 Å². The number of para-hydroxylation sites is 2. The minimum atomic E-state index is -0.133. The molecule has 0 fully saturated rings. The monoisotopic (exact) mass is 432 g/mol. The predicted molar refractivity (Wildman–Crippen MR) is 125 cm³/mol. The Morgan fingerprint density at radius 2 is 1.90 bits per heavy atom. The number of unbranched alkanes of at least 4 members (excludes halogenated alkanes) is 1. The molecule has 150 valence electrons. The zero-order valence-corrected chi connectivity index (χ0v) is 18.1. The number of fused-ring (bicyclic) bond motifs is 2. The molecule has 0 amide bonds. The van der Waals surface area contributed by atoms with E-state index in [2.05, 4.69) is 28.9 Å². The molecular formula is C24H20N2O2S2. The Labute approximate surface area is 183 Å². The number of nitrogens with zero attached hydrogens (tertiary/aromatic N) is 2. The third-order valence-corrected chi connectivity index (χ3v) is 7.31. The lowest BCUT2D eigenvalue weighted by Crippen LogP contribution is -2.24. The molecule has 0 radical (unpaired) electrons. The standard InChI is InChI=1S/C24H20N2O2S2/c1-2-3-12-26-18-9-5-7-11-20(18)30-22(26)14-16-23(27)15(24(16)28)13-21-25-17-8-4-6-10-19(17)29-21/h4-11,13-14,27H,2-3,12H2,1H3/b15-13-,22-14-. The van der Waals surface area contributed by atoms with Gasteiger partial charge in [0.25, 0.3) is 0 Å². The molecule has 5 rings (SSSR count). The lowest BCUT2D eigenvalue weighted by atomic mass is 9.88. The summed E-state index contributed by atoms with van der Waals surface area (Å²) in [6.07, 6.45) is 5.68. The fourth-order valence-corrected chi connectivity index (χ4v) is 5.66. The predicted octanol–water partition coefficient (Wildman–Crippen LogP) is 6.33. The topological polar surface area (TPSA) is 53.4 Å². The Morgan fingerprint density at radius 3 is 2.70 bits per heavy atom. The largest absolute Gasteiger partial charge is 0.506 e. The average Bonchev–Trinajstić information content (AvgIpc) is 3.34. The van der Waals surface area contributed by atoms with Crippen molar-refractivity contribution in [3.63, 3.8) is 0 Å². The summed E-state index contributed by atoms with van der Waals surface area (Å²) < 4.78 is 1.06. The highest BCUT2D eigenvalue weighted by Gasteiger charge is 2.34. The molecule has 0 unspecified atom stereocenters. The van der Waals surface area contributed by atoms with E-state index in [4.69, 9.17) is 0 Å². The van der Waals surface area contributed by atoms with Crippen molar-refractivity contribution in [2.45, 2.75) is 24.7 Å². The maximum atomic E-state index is 12.8. The van der Waals surface area contributed by atoms with Crippen LogP contribution in [0, 0.1) is 0 Å². The lowest BCUT2D eigenvalue weighted by Gasteiger charge is -2.23. The van der Waals surface area contributed by atoms with Gasteiger partial charge in [-0.3, -0.25) is 4.79 Å². The molecule has 1 aliphatic carbocycles. The van der Waals surface area contributed by atoms with E-state index in [1.807, 2.05) is 42.5 Å². The summed E-state index contributed by atoms with van der Waals surface area (Å²) >= 11 is 3.16. The molecule has 0 saturated heterocycles. The van der Waals surface area contributed by atoms with Gasteiger partial charge in [0.1, 0.15) is 10.8 Å². The molecule has 6 heteroatoms. The zero-order valence-electron chi connectivity index (χ0n) is 16.5. The van der Waals surface area contributed by atoms with Crippen LogP contribution in [-0.2, 0) is 4.79 Å². The van der Waals surface area contributed by atoms with E-state index in [-0.39, 0.29) is 11.5 Å². The second kappa shape index (κ2) is 7.78. The first kappa shape index (κ1) is 19.2. The van der Waals surface area contributed by atoms with Crippen LogP contribution >= 0.6 is 23.1 Å². The molecule has 2 heterocycles. The van der Waals surface area contributed by atoms with Crippen molar-refractivity contribution in [1.82, 2.24) is 4.98 Å². The first-order chi connectivity index (χ1) is 14.7. The second-order valence-electron chi connectivity index (χ2n) is 7.23. The van der Waals surface area contributed by atoms with E-state index >= 15 is 0 Å². The third-order valence-electron chi connectivity index (χ3n) is 5.22. The Kier molecular flexibility index (Phi) is 4.97. The van der Waals surface area contributed by atoms with Gasteiger partial charge in [-0.2, -0.15) is 0 Å². The molecule has 3 aromatic rings. The number of Topliss-reactive ketones (excluding diaryl/α,β-unsaturated/α-hetero) is 1. The first-order valence-corrected chi connectivity index (χ1v) is 11.6. The summed E-state index contributed by atoms with van der Waals surface area (Å²) in [5.74, 6) is -0.0787. The van der Waals surface area contributed by atoms with Crippen LogP contribution in [0.2, 0.25) is 0 Å².